The Labute approximate surface area is 134 Å². The van der Waals surface area contributed by atoms with E-state index in [0.717, 1.165) is 10.9 Å². The number of aromatic amines is 1. The molecule has 1 aliphatic rings. The molecular formula is C17H10ClF3N2. The molecule has 0 radical (unpaired) electrons. The molecule has 2 aromatic carbocycles. The molecule has 0 atom stereocenters. The number of fused-ring (bicyclic) bond motifs is 4. The Morgan fingerprint density at radius 1 is 1.09 bits per heavy atom. The van der Waals surface area contributed by atoms with Crippen LogP contribution in [0.2, 0.25) is 5.02 Å². The molecule has 0 fully saturated rings. The number of rotatable bonds is 0. The first-order valence-corrected chi connectivity index (χ1v) is 7.35. The summed E-state index contributed by atoms with van der Waals surface area (Å²) in [4.78, 5) is 6.75. The molecule has 3 aromatic rings. The number of halogens is 4. The highest BCUT2D eigenvalue weighted by Gasteiger charge is 2.40. The minimum absolute atomic E-state index is 0.0194. The lowest BCUT2D eigenvalue weighted by atomic mass is 10.0. The van der Waals surface area contributed by atoms with Crippen LogP contribution in [0, 0.1) is 0 Å². The van der Waals surface area contributed by atoms with Crippen LogP contribution in [-0.2, 0) is 6.42 Å². The summed E-state index contributed by atoms with van der Waals surface area (Å²) in [6, 6.07) is 12.0. The Morgan fingerprint density at radius 2 is 1.87 bits per heavy atom. The van der Waals surface area contributed by atoms with Crippen LogP contribution in [0.4, 0.5) is 18.9 Å². The quantitative estimate of drug-likeness (QED) is 0.569. The van der Waals surface area contributed by atoms with Crippen LogP contribution in [0.5, 0.6) is 0 Å². The average molecular weight is 335 g/mol. The minimum Gasteiger partial charge on any atom is -0.353 e. The SMILES string of the molecule is FC(F)(F)C1=Nc2ccccc2Cc2c1[nH]c1cc(Cl)ccc21. The number of para-hydroxylation sites is 1. The van der Waals surface area contributed by atoms with Gasteiger partial charge in [0, 0.05) is 22.3 Å². The fourth-order valence-corrected chi connectivity index (χ4v) is 3.13. The number of alkyl halides is 3. The number of nitrogens with zero attached hydrogens (tertiary/aromatic N) is 1. The third kappa shape index (κ3) is 2.32. The van der Waals surface area contributed by atoms with E-state index in [-0.39, 0.29) is 5.69 Å². The van der Waals surface area contributed by atoms with Gasteiger partial charge in [0.1, 0.15) is 0 Å². The lowest BCUT2D eigenvalue weighted by Gasteiger charge is -2.09. The molecule has 6 heteroatoms. The van der Waals surface area contributed by atoms with E-state index >= 15 is 0 Å². The number of aromatic nitrogens is 1. The van der Waals surface area contributed by atoms with Crippen molar-refractivity contribution in [3.8, 4) is 0 Å². The Bertz CT molecular complexity index is 954. The Balaban J connectivity index is 2.07. The van der Waals surface area contributed by atoms with Crippen molar-refractivity contribution < 1.29 is 13.2 Å². The van der Waals surface area contributed by atoms with Crippen LogP contribution < -0.4 is 0 Å². The molecule has 2 heterocycles. The third-order valence-electron chi connectivity index (χ3n) is 3.96. The van der Waals surface area contributed by atoms with E-state index in [4.69, 9.17) is 11.6 Å². The van der Waals surface area contributed by atoms with E-state index in [0.29, 0.717) is 28.2 Å². The molecule has 0 bridgehead atoms. The molecule has 0 unspecified atom stereocenters. The summed E-state index contributed by atoms with van der Waals surface area (Å²) in [6.45, 7) is 0. The van der Waals surface area contributed by atoms with Crippen LogP contribution in [0.3, 0.4) is 0 Å². The van der Waals surface area contributed by atoms with E-state index < -0.39 is 11.9 Å². The fraction of sp³-hybridized carbons (Fsp3) is 0.118. The Kier molecular flexibility index (Phi) is 3.03. The predicted octanol–water partition coefficient (Wildman–Crippen LogP) is 5.41. The van der Waals surface area contributed by atoms with Crippen LogP contribution in [0.25, 0.3) is 10.9 Å². The lowest BCUT2D eigenvalue weighted by Crippen LogP contribution is -2.24. The molecule has 0 amide bonds. The standard InChI is InChI=1S/C17H10ClF3N2/c18-10-5-6-11-12-7-9-3-1-2-4-13(9)23-16(17(19,20)21)15(12)22-14(11)8-10/h1-6,8,22H,7H2. The molecule has 1 aromatic heterocycles. The Hall–Kier alpha value is -2.27. The van der Waals surface area contributed by atoms with Crippen molar-refractivity contribution in [2.45, 2.75) is 12.6 Å². The monoisotopic (exact) mass is 334 g/mol. The predicted molar refractivity (Wildman–Crippen MR) is 84.8 cm³/mol. The maximum Gasteiger partial charge on any atom is 0.435 e. The first-order valence-electron chi connectivity index (χ1n) is 6.98. The number of H-pyrrole nitrogens is 1. The molecule has 0 saturated carbocycles. The summed E-state index contributed by atoms with van der Waals surface area (Å²) in [5, 5.41) is 1.21. The van der Waals surface area contributed by atoms with Crippen molar-refractivity contribution in [2.75, 3.05) is 0 Å². The molecule has 2 nitrogen and oxygen atoms in total. The van der Waals surface area contributed by atoms with Crippen molar-refractivity contribution in [3.63, 3.8) is 0 Å². The Morgan fingerprint density at radius 3 is 2.65 bits per heavy atom. The summed E-state index contributed by atoms with van der Waals surface area (Å²) in [7, 11) is 0. The molecular weight excluding hydrogens is 325 g/mol. The molecule has 1 aliphatic heterocycles. The van der Waals surface area contributed by atoms with Crippen molar-refractivity contribution in [1.82, 2.24) is 4.98 Å². The van der Waals surface area contributed by atoms with Crippen LogP contribution in [0.15, 0.2) is 47.5 Å². The first kappa shape index (κ1) is 14.3. The number of nitrogens with one attached hydrogen (secondary N) is 1. The molecule has 4 rings (SSSR count). The summed E-state index contributed by atoms with van der Waals surface area (Å²) in [6.07, 6.45) is -4.16. The van der Waals surface area contributed by atoms with Gasteiger partial charge in [-0.2, -0.15) is 13.2 Å². The number of hydrogen-bond donors (Lipinski definition) is 1. The highest BCUT2D eigenvalue weighted by atomic mass is 35.5. The van der Waals surface area contributed by atoms with Gasteiger partial charge in [-0.05, 0) is 29.3 Å². The van der Waals surface area contributed by atoms with Crippen molar-refractivity contribution in [2.24, 2.45) is 4.99 Å². The maximum atomic E-state index is 13.5. The average Bonchev–Trinajstić information content (AvgIpc) is 2.72. The van der Waals surface area contributed by atoms with Gasteiger partial charge in [-0.1, -0.05) is 35.9 Å². The number of aliphatic imine (C=N–C) groups is 1. The maximum absolute atomic E-state index is 13.5. The van der Waals surface area contributed by atoms with Gasteiger partial charge in [-0.3, -0.25) is 0 Å². The number of benzene rings is 2. The van der Waals surface area contributed by atoms with E-state index in [2.05, 4.69) is 9.98 Å². The second kappa shape index (κ2) is 4.86. The second-order valence-corrected chi connectivity index (χ2v) is 5.87. The van der Waals surface area contributed by atoms with Gasteiger partial charge in [-0.25, -0.2) is 4.99 Å². The summed E-state index contributed by atoms with van der Waals surface area (Å²) >= 11 is 5.95. The molecule has 0 spiro atoms. The molecule has 1 N–H and O–H groups in total. The third-order valence-corrected chi connectivity index (χ3v) is 4.20. The van der Waals surface area contributed by atoms with Gasteiger partial charge in [0.25, 0.3) is 0 Å². The smallest absolute Gasteiger partial charge is 0.353 e. The minimum atomic E-state index is -4.54. The molecule has 116 valence electrons. The van der Waals surface area contributed by atoms with E-state index in [9.17, 15) is 13.2 Å². The van der Waals surface area contributed by atoms with Crippen LogP contribution in [0.1, 0.15) is 16.8 Å². The zero-order chi connectivity index (χ0) is 16.2. The molecule has 0 saturated heterocycles. The van der Waals surface area contributed by atoms with Gasteiger partial charge in [0.2, 0.25) is 0 Å². The largest absolute Gasteiger partial charge is 0.435 e. The van der Waals surface area contributed by atoms with Gasteiger partial charge in [-0.15, -0.1) is 0 Å². The number of hydrogen-bond acceptors (Lipinski definition) is 1. The zero-order valence-electron chi connectivity index (χ0n) is 11.7. The highest BCUT2D eigenvalue weighted by Crippen LogP contribution is 2.37. The van der Waals surface area contributed by atoms with Crippen molar-refractivity contribution in [1.29, 1.82) is 0 Å². The van der Waals surface area contributed by atoms with Crippen LogP contribution >= 0.6 is 11.6 Å². The van der Waals surface area contributed by atoms with E-state index in [1.165, 1.54) is 0 Å². The zero-order valence-corrected chi connectivity index (χ0v) is 12.5. The summed E-state index contributed by atoms with van der Waals surface area (Å²) in [5.41, 5.74) is 1.42. The van der Waals surface area contributed by atoms with Gasteiger partial charge >= 0.3 is 6.18 Å². The molecule has 0 aliphatic carbocycles. The first-order chi connectivity index (χ1) is 10.9. The molecule has 23 heavy (non-hydrogen) atoms. The summed E-state index contributed by atoms with van der Waals surface area (Å²) in [5.74, 6) is 0. The van der Waals surface area contributed by atoms with Gasteiger partial charge < -0.3 is 4.98 Å². The highest BCUT2D eigenvalue weighted by molar-refractivity contribution is 6.31. The van der Waals surface area contributed by atoms with E-state index in [1.54, 1.807) is 42.5 Å². The second-order valence-electron chi connectivity index (χ2n) is 5.43. The lowest BCUT2D eigenvalue weighted by molar-refractivity contribution is -0.0581. The topological polar surface area (TPSA) is 28.1 Å². The van der Waals surface area contributed by atoms with E-state index in [1.807, 2.05) is 0 Å². The fourth-order valence-electron chi connectivity index (χ4n) is 2.95. The van der Waals surface area contributed by atoms with Crippen molar-refractivity contribution in [3.05, 3.63) is 64.3 Å². The van der Waals surface area contributed by atoms with Crippen LogP contribution in [-0.4, -0.2) is 16.9 Å². The van der Waals surface area contributed by atoms with Crippen molar-refractivity contribution >= 4 is 33.9 Å². The normalized spacial score (nSPS) is 14.2. The van der Waals surface area contributed by atoms with Gasteiger partial charge in [0.05, 0.1) is 11.4 Å². The van der Waals surface area contributed by atoms with Gasteiger partial charge in [0.15, 0.2) is 5.71 Å². The summed E-state index contributed by atoms with van der Waals surface area (Å²) < 4.78 is 40.6.